The first-order chi connectivity index (χ1) is 7.13. The highest BCUT2D eigenvalue weighted by Crippen LogP contribution is 2.27. The van der Waals surface area contributed by atoms with Gasteiger partial charge >= 0.3 is 0 Å². The molecule has 1 aliphatic carbocycles. The van der Waals surface area contributed by atoms with Gasteiger partial charge < -0.3 is 0 Å². The Bertz CT molecular complexity index is 311. The summed E-state index contributed by atoms with van der Waals surface area (Å²) in [5.74, 6) is 0. The first kappa shape index (κ1) is 11.4. The number of hydrogen-bond donors (Lipinski definition) is 1. The van der Waals surface area contributed by atoms with Crippen LogP contribution in [0, 0.1) is 0 Å². The van der Waals surface area contributed by atoms with E-state index in [4.69, 9.17) is 0 Å². The van der Waals surface area contributed by atoms with Gasteiger partial charge in [-0.15, -0.1) is 0 Å². The van der Waals surface area contributed by atoms with Crippen LogP contribution in [0.2, 0.25) is 0 Å². The summed E-state index contributed by atoms with van der Waals surface area (Å²) in [5, 5.41) is -0.0889. The molecule has 15 heavy (non-hydrogen) atoms. The maximum absolute atomic E-state index is 11.6. The minimum atomic E-state index is -2.98. The lowest BCUT2D eigenvalue weighted by atomic mass is 10.2. The molecule has 88 valence electrons. The number of sulfonamides is 1. The molecule has 5 heteroatoms. The fourth-order valence-electron chi connectivity index (χ4n) is 2.25. The van der Waals surface area contributed by atoms with Crippen LogP contribution in [-0.2, 0) is 10.0 Å². The molecule has 0 amide bonds. The van der Waals surface area contributed by atoms with Gasteiger partial charge in [0, 0.05) is 12.6 Å². The summed E-state index contributed by atoms with van der Waals surface area (Å²) in [6.07, 6.45) is 4.01. The highest BCUT2D eigenvalue weighted by Gasteiger charge is 2.36. The van der Waals surface area contributed by atoms with Crippen molar-refractivity contribution in [2.75, 3.05) is 19.6 Å². The zero-order valence-electron chi connectivity index (χ0n) is 9.28. The van der Waals surface area contributed by atoms with Gasteiger partial charge in [0.25, 0.3) is 0 Å². The van der Waals surface area contributed by atoms with Crippen LogP contribution in [-0.4, -0.2) is 44.2 Å². The van der Waals surface area contributed by atoms with E-state index in [1.54, 1.807) is 0 Å². The van der Waals surface area contributed by atoms with E-state index in [-0.39, 0.29) is 5.25 Å². The zero-order valence-corrected chi connectivity index (χ0v) is 10.1. The van der Waals surface area contributed by atoms with E-state index in [9.17, 15) is 8.42 Å². The van der Waals surface area contributed by atoms with Gasteiger partial charge in [0.2, 0.25) is 10.0 Å². The number of likely N-dealkylation sites (tertiary alicyclic amines) is 1. The molecule has 1 N–H and O–H groups in total. The second-order valence-electron chi connectivity index (χ2n) is 4.52. The Morgan fingerprint density at radius 1 is 1.33 bits per heavy atom. The number of nitrogens with one attached hydrogen (secondary N) is 1. The zero-order chi connectivity index (χ0) is 10.9. The summed E-state index contributed by atoms with van der Waals surface area (Å²) >= 11 is 0. The van der Waals surface area contributed by atoms with E-state index < -0.39 is 10.0 Å². The van der Waals surface area contributed by atoms with Gasteiger partial charge in [-0.25, -0.2) is 13.1 Å². The van der Waals surface area contributed by atoms with Crippen molar-refractivity contribution in [1.82, 2.24) is 9.62 Å². The van der Waals surface area contributed by atoms with Gasteiger partial charge in [0.05, 0.1) is 5.25 Å². The van der Waals surface area contributed by atoms with Crippen LogP contribution in [0.3, 0.4) is 0 Å². The highest BCUT2D eigenvalue weighted by atomic mass is 32.2. The van der Waals surface area contributed by atoms with Crippen LogP contribution >= 0.6 is 0 Å². The van der Waals surface area contributed by atoms with Crippen LogP contribution in [0.4, 0.5) is 0 Å². The largest absolute Gasteiger partial charge is 0.299 e. The van der Waals surface area contributed by atoms with Crippen molar-refractivity contribution in [3.05, 3.63) is 0 Å². The predicted molar refractivity (Wildman–Crippen MR) is 60.2 cm³/mol. The molecule has 1 heterocycles. The Morgan fingerprint density at radius 3 is 2.67 bits per heavy atom. The van der Waals surface area contributed by atoms with Gasteiger partial charge in [-0.2, -0.15) is 0 Å². The number of rotatable bonds is 5. The Hall–Kier alpha value is -0.130. The lowest BCUT2D eigenvalue weighted by Gasteiger charge is -2.22. The summed E-state index contributed by atoms with van der Waals surface area (Å²) in [6.45, 7) is 4.88. The van der Waals surface area contributed by atoms with Gasteiger partial charge in [0.15, 0.2) is 0 Å². The lowest BCUT2D eigenvalue weighted by molar-refractivity contribution is 0.268. The lowest BCUT2D eigenvalue weighted by Crippen LogP contribution is -2.41. The van der Waals surface area contributed by atoms with Crippen molar-refractivity contribution < 1.29 is 8.42 Å². The quantitative estimate of drug-likeness (QED) is 0.753. The van der Waals surface area contributed by atoms with Crippen LogP contribution in [0.5, 0.6) is 0 Å². The van der Waals surface area contributed by atoms with Crippen LogP contribution in [0.25, 0.3) is 0 Å². The van der Waals surface area contributed by atoms with Gasteiger partial charge in [-0.1, -0.05) is 6.92 Å². The molecule has 1 saturated heterocycles. The molecular formula is C10H20N2O2S. The summed E-state index contributed by atoms with van der Waals surface area (Å²) in [4.78, 5) is 2.36. The smallest absolute Gasteiger partial charge is 0.214 e. The minimum absolute atomic E-state index is 0.0889. The molecular weight excluding hydrogens is 212 g/mol. The third-order valence-electron chi connectivity index (χ3n) is 3.39. The summed E-state index contributed by atoms with van der Waals surface area (Å²) in [5.41, 5.74) is 0. The first-order valence-corrected chi connectivity index (χ1v) is 7.40. The van der Waals surface area contributed by atoms with Crippen molar-refractivity contribution in [2.24, 2.45) is 0 Å². The molecule has 4 nitrogen and oxygen atoms in total. The molecule has 0 radical (unpaired) electrons. The van der Waals surface area contributed by atoms with Crippen molar-refractivity contribution in [3.8, 4) is 0 Å². The molecule has 2 rings (SSSR count). The Balaban J connectivity index is 1.82. The third-order valence-corrected chi connectivity index (χ3v) is 5.31. The average molecular weight is 232 g/mol. The maximum atomic E-state index is 11.6. The minimum Gasteiger partial charge on any atom is -0.299 e. The van der Waals surface area contributed by atoms with E-state index in [1.807, 2.05) is 0 Å². The molecule has 1 unspecified atom stereocenters. The second-order valence-corrected chi connectivity index (χ2v) is 6.56. The van der Waals surface area contributed by atoms with E-state index >= 15 is 0 Å². The van der Waals surface area contributed by atoms with E-state index in [1.165, 1.54) is 6.42 Å². The Kier molecular flexibility index (Phi) is 3.33. The van der Waals surface area contributed by atoms with Crippen LogP contribution in [0.15, 0.2) is 0 Å². The third kappa shape index (κ3) is 2.71. The van der Waals surface area contributed by atoms with E-state index in [0.717, 1.165) is 32.4 Å². The number of hydrogen-bond acceptors (Lipinski definition) is 3. The standard InChI is InChI=1S/C10H20N2O2S/c1-2-12-7-3-4-9(12)8-11-15(13,14)10-5-6-10/h9-11H,2-8H2,1H3. The second kappa shape index (κ2) is 4.39. The SMILES string of the molecule is CCN1CCCC1CNS(=O)(=O)C1CC1. The fourth-order valence-corrected chi connectivity index (χ4v) is 3.67. The van der Waals surface area contributed by atoms with E-state index in [0.29, 0.717) is 12.6 Å². The number of nitrogens with zero attached hydrogens (tertiary/aromatic N) is 1. The Morgan fingerprint density at radius 2 is 2.07 bits per heavy atom. The molecule has 1 saturated carbocycles. The topological polar surface area (TPSA) is 49.4 Å². The molecule has 0 aromatic rings. The molecule has 1 aliphatic heterocycles. The van der Waals surface area contributed by atoms with Crippen LogP contribution < -0.4 is 4.72 Å². The van der Waals surface area contributed by atoms with Crippen molar-refractivity contribution >= 4 is 10.0 Å². The van der Waals surface area contributed by atoms with E-state index in [2.05, 4.69) is 16.5 Å². The van der Waals surface area contributed by atoms with Crippen molar-refractivity contribution in [3.63, 3.8) is 0 Å². The monoisotopic (exact) mass is 232 g/mol. The summed E-state index contributed by atoms with van der Waals surface area (Å²) in [6, 6.07) is 0.420. The van der Waals surface area contributed by atoms with Crippen LogP contribution in [0.1, 0.15) is 32.6 Å². The Labute approximate surface area is 92.1 Å². The van der Waals surface area contributed by atoms with Gasteiger partial charge in [0.1, 0.15) is 0 Å². The first-order valence-electron chi connectivity index (χ1n) is 5.86. The normalized spacial score (nSPS) is 28.5. The van der Waals surface area contributed by atoms with Gasteiger partial charge in [-0.05, 0) is 38.8 Å². The molecule has 0 bridgehead atoms. The molecule has 0 spiro atoms. The van der Waals surface area contributed by atoms with Crippen molar-refractivity contribution in [1.29, 1.82) is 0 Å². The molecule has 1 atom stereocenters. The maximum Gasteiger partial charge on any atom is 0.214 e. The molecule has 2 aliphatic rings. The fraction of sp³-hybridized carbons (Fsp3) is 1.00. The predicted octanol–water partition coefficient (Wildman–Crippen LogP) is 0.552. The average Bonchev–Trinajstić information content (AvgIpc) is 2.96. The molecule has 0 aromatic carbocycles. The molecule has 2 fully saturated rings. The molecule has 0 aromatic heterocycles. The summed E-state index contributed by atoms with van der Waals surface area (Å²) in [7, 11) is -2.98. The number of likely N-dealkylation sites (N-methyl/N-ethyl adjacent to an activating group) is 1. The summed E-state index contributed by atoms with van der Waals surface area (Å²) < 4.78 is 26.0. The van der Waals surface area contributed by atoms with Crippen molar-refractivity contribution in [2.45, 2.75) is 43.9 Å². The highest BCUT2D eigenvalue weighted by molar-refractivity contribution is 7.90. The van der Waals surface area contributed by atoms with Gasteiger partial charge in [-0.3, -0.25) is 4.90 Å².